The molecule has 6 nitrogen and oxygen atoms in total. The predicted octanol–water partition coefficient (Wildman–Crippen LogP) is 1.96. The molecule has 0 saturated carbocycles. The zero-order valence-electron chi connectivity index (χ0n) is 15.2. The van der Waals surface area contributed by atoms with E-state index in [1.807, 2.05) is 24.3 Å². The van der Waals surface area contributed by atoms with Crippen molar-refractivity contribution in [3.8, 4) is 5.75 Å². The molecule has 2 aromatic rings. The Morgan fingerprint density at radius 2 is 1.89 bits per heavy atom. The van der Waals surface area contributed by atoms with Gasteiger partial charge in [0.05, 0.1) is 5.75 Å². The molecule has 0 bridgehead atoms. The van der Waals surface area contributed by atoms with E-state index in [9.17, 15) is 13.5 Å². The van der Waals surface area contributed by atoms with Gasteiger partial charge in [-0.1, -0.05) is 35.9 Å². The van der Waals surface area contributed by atoms with Crippen LogP contribution in [0.5, 0.6) is 5.75 Å². The first kappa shape index (κ1) is 21.7. The highest BCUT2D eigenvalue weighted by Crippen LogP contribution is 2.14. The number of aliphatic hydroxyl groups is 1. The molecule has 8 heteroatoms. The van der Waals surface area contributed by atoms with Gasteiger partial charge in [-0.15, -0.1) is 0 Å². The van der Waals surface area contributed by atoms with Crippen LogP contribution in [0.4, 0.5) is 0 Å². The van der Waals surface area contributed by atoms with Gasteiger partial charge in [0.1, 0.15) is 18.5 Å². The molecule has 1 unspecified atom stereocenters. The summed E-state index contributed by atoms with van der Waals surface area (Å²) in [6.45, 7) is 1.30. The lowest BCUT2D eigenvalue weighted by molar-refractivity contribution is 0.106. The molecule has 1 atom stereocenters. The zero-order chi connectivity index (χ0) is 19.7. The van der Waals surface area contributed by atoms with E-state index in [4.69, 9.17) is 16.3 Å². The van der Waals surface area contributed by atoms with Crippen LogP contribution in [0.1, 0.15) is 11.1 Å². The van der Waals surface area contributed by atoms with Gasteiger partial charge in [0.2, 0.25) is 10.0 Å². The first-order valence-corrected chi connectivity index (χ1v) is 10.7. The van der Waals surface area contributed by atoms with E-state index >= 15 is 0 Å². The molecule has 0 aliphatic heterocycles. The molecular formula is C19H25ClN2O4S. The Morgan fingerprint density at radius 1 is 1.15 bits per heavy atom. The summed E-state index contributed by atoms with van der Waals surface area (Å²) in [7, 11) is -1.91. The fourth-order valence-electron chi connectivity index (χ4n) is 2.42. The maximum Gasteiger partial charge on any atom is 0.215 e. The number of nitrogens with one attached hydrogen (secondary N) is 2. The van der Waals surface area contributed by atoms with Crippen LogP contribution < -0.4 is 14.8 Å². The van der Waals surface area contributed by atoms with Gasteiger partial charge in [0.25, 0.3) is 0 Å². The van der Waals surface area contributed by atoms with Crippen LogP contribution in [0.25, 0.3) is 0 Å². The molecule has 0 aliphatic carbocycles. The normalized spacial score (nSPS) is 12.7. The Bertz CT molecular complexity index is 813. The Kier molecular flexibility index (Phi) is 8.53. The van der Waals surface area contributed by atoms with Crippen LogP contribution in [0.3, 0.4) is 0 Å². The number of hydrogen-bond acceptors (Lipinski definition) is 5. The molecule has 0 aromatic heterocycles. The molecule has 0 aliphatic rings. The lowest BCUT2D eigenvalue weighted by atomic mass is 10.1. The molecule has 0 spiro atoms. The number of halogens is 1. The molecule has 27 heavy (non-hydrogen) atoms. The van der Waals surface area contributed by atoms with Gasteiger partial charge in [-0.2, -0.15) is 0 Å². The number of ether oxygens (including phenoxy) is 1. The first-order valence-electron chi connectivity index (χ1n) is 8.64. The second-order valence-corrected chi connectivity index (χ2v) is 8.52. The molecule has 3 N–H and O–H groups in total. The average molecular weight is 413 g/mol. The number of rotatable bonds is 11. The van der Waals surface area contributed by atoms with Crippen LogP contribution in [0.2, 0.25) is 5.02 Å². The quantitative estimate of drug-likeness (QED) is 0.491. The molecule has 0 saturated heterocycles. The van der Waals surface area contributed by atoms with E-state index in [1.54, 1.807) is 24.3 Å². The van der Waals surface area contributed by atoms with E-state index in [-0.39, 0.29) is 12.4 Å². The van der Waals surface area contributed by atoms with Crippen LogP contribution in [0, 0.1) is 0 Å². The number of aliphatic hydroxyl groups excluding tert-OH is 1. The second-order valence-electron chi connectivity index (χ2n) is 6.16. The van der Waals surface area contributed by atoms with Crippen LogP contribution in [-0.2, 0) is 22.2 Å². The third kappa shape index (κ3) is 8.28. The maximum absolute atomic E-state index is 11.5. The molecule has 0 heterocycles. The minimum atomic E-state index is -3.29. The summed E-state index contributed by atoms with van der Waals surface area (Å²) in [5.41, 5.74) is 1.81. The van der Waals surface area contributed by atoms with Gasteiger partial charge < -0.3 is 15.2 Å². The second kappa shape index (κ2) is 10.6. The smallest absolute Gasteiger partial charge is 0.215 e. The topological polar surface area (TPSA) is 87.7 Å². The number of sulfonamides is 1. The Balaban J connectivity index is 1.67. The highest BCUT2D eigenvalue weighted by Gasteiger charge is 2.09. The monoisotopic (exact) mass is 412 g/mol. The van der Waals surface area contributed by atoms with Gasteiger partial charge in [-0.05, 0) is 55.4 Å². The van der Waals surface area contributed by atoms with Crippen molar-refractivity contribution in [1.29, 1.82) is 0 Å². The summed E-state index contributed by atoms with van der Waals surface area (Å²) < 4.78 is 30.8. The van der Waals surface area contributed by atoms with Crippen molar-refractivity contribution in [3.05, 3.63) is 64.7 Å². The van der Waals surface area contributed by atoms with Crippen LogP contribution in [-0.4, -0.2) is 46.4 Å². The summed E-state index contributed by atoms with van der Waals surface area (Å²) >= 11 is 5.95. The molecule has 148 valence electrons. The molecule has 0 radical (unpaired) electrons. The van der Waals surface area contributed by atoms with Crippen molar-refractivity contribution in [3.63, 3.8) is 0 Å². The molecule has 0 fully saturated rings. The van der Waals surface area contributed by atoms with Gasteiger partial charge in [-0.25, -0.2) is 13.1 Å². The first-order chi connectivity index (χ1) is 12.9. The molecular weight excluding hydrogens is 388 g/mol. The van der Waals surface area contributed by atoms with Gasteiger partial charge in [0.15, 0.2) is 0 Å². The van der Waals surface area contributed by atoms with E-state index in [0.29, 0.717) is 17.9 Å². The van der Waals surface area contributed by atoms with Crippen molar-refractivity contribution in [2.45, 2.75) is 18.3 Å². The van der Waals surface area contributed by atoms with Crippen LogP contribution >= 0.6 is 11.6 Å². The highest BCUT2D eigenvalue weighted by molar-refractivity contribution is 7.88. The van der Waals surface area contributed by atoms with Gasteiger partial charge >= 0.3 is 0 Å². The summed E-state index contributed by atoms with van der Waals surface area (Å²) in [5, 5.41) is 13.9. The van der Waals surface area contributed by atoms with Crippen LogP contribution in [0.15, 0.2) is 48.5 Å². The Morgan fingerprint density at radius 3 is 2.56 bits per heavy atom. The summed E-state index contributed by atoms with van der Waals surface area (Å²) in [6, 6.07) is 14.5. The fourth-order valence-corrected chi connectivity index (χ4v) is 3.41. The maximum atomic E-state index is 11.5. The minimum absolute atomic E-state index is 0.0804. The third-order valence-electron chi connectivity index (χ3n) is 3.89. The largest absolute Gasteiger partial charge is 0.491 e. The predicted molar refractivity (Wildman–Crippen MR) is 108 cm³/mol. The SMILES string of the molecule is CNS(=O)(=O)Cc1ccc(OCC(O)CNCCc2cccc(Cl)c2)cc1. The highest BCUT2D eigenvalue weighted by atomic mass is 35.5. The van der Waals surface area contributed by atoms with E-state index in [2.05, 4.69) is 10.0 Å². The van der Waals surface area contributed by atoms with Crippen molar-refractivity contribution in [1.82, 2.24) is 10.0 Å². The Labute approximate surface area is 165 Å². The fraction of sp³-hybridized carbons (Fsp3) is 0.368. The van der Waals surface area contributed by atoms with Gasteiger partial charge in [0, 0.05) is 11.6 Å². The lowest BCUT2D eigenvalue weighted by Gasteiger charge is -2.13. The molecule has 2 aromatic carbocycles. The molecule has 2 rings (SSSR count). The van der Waals surface area contributed by atoms with Crippen molar-refractivity contribution in [2.24, 2.45) is 0 Å². The summed E-state index contributed by atoms with van der Waals surface area (Å²) in [6.07, 6.45) is 0.180. The number of benzene rings is 2. The van der Waals surface area contributed by atoms with E-state index < -0.39 is 16.1 Å². The average Bonchev–Trinajstić information content (AvgIpc) is 2.64. The number of hydrogen-bond donors (Lipinski definition) is 3. The van der Waals surface area contributed by atoms with Crippen molar-refractivity contribution in [2.75, 3.05) is 26.7 Å². The van der Waals surface area contributed by atoms with Crippen molar-refractivity contribution < 1.29 is 18.3 Å². The van der Waals surface area contributed by atoms with E-state index in [1.165, 1.54) is 7.05 Å². The van der Waals surface area contributed by atoms with Crippen molar-refractivity contribution >= 4 is 21.6 Å². The van der Waals surface area contributed by atoms with E-state index in [0.717, 1.165) is 23.6 Å². The summed E-state index contributed by atoms with van der Waals surface area (Å²) in [5.74, 6) is 0.502. The van der Waals surface area contributed by atoms with Gasteiger partial charge in [-0.3, -0.25) is 0 Å². The Hall–Kier alpha value is -1.64. The lowest BCUT2D eigenvalue weighted by Crippen LogP contribution is -2.32. The standard InChI is InChI=1S/C19H25ClN2O4S/c1-21-27(24,25)14-16-5-7-19(8-6-16)26-13-18(23)12-22-10-9-15-3-2-4-17(20)11-15/h2-8,11,18,21-23H,9-10,12-14H2,1H3. The summed E-state index contributed by atoms with van der Waals surface area (Å²) in [4.78, 5) is 0. The molecule has 0 amide bonds. The minimum Gasteiger partial charge on any atom is -0.491 e. The third-order valence-corrected chi connectivity index (χ3v) is 5.46. The zero-order valence-corrected chi connectivity index (χ0v) is 16.8.